The molecule has 1 N–H and O–H groups in total. The van der Waals surface area contributed by atoms with Crippen molar-refractivity contribution in [1.29, 1.82) is 0 Å². The molecule has 150 valence electrons. The summed E-state index contributed by atoms with van der Waals surface area (Å²) >= 11 is 0. The molecule has 2 fully saturated rings. The van der Waals surface area contributed by atoms with E-state index in [4.69, 9.17) is 0 Å². The molecule has 0 radical (unpaired) electrons. The Hall–Kier alpha value is -1.91. The summed E-state index contributed by atoms with van der Waals surface area (Å²) in [5, 5.41) is 5.65. The van der Waals surface area contributed by atoms with Gasteiger partial charge in [-0.05, 0) is 68.1 Å². The van der Waals surface area contributed by atoms with E-state index in [1.165, 1.54) is 56.0 Å². The molecular formula is C24H33N3O. The highest BCUT2D eigenvalue weighted by Gasteiger charge is 2.26. The Bertz CT molecular complexity index is 791. The van der Waals surface area contributed by atoms with Crippen molar-refractivity contribution < 1.29 is 4.79 Å². The summed E-state index contributed by atoms with van der Waals surface area (Å²) in [5.41, 5.74) is 1.16. The summed E-state index contributed by atoms with van der Waals surface area (Å²) in [6.45, 7) is 7.22. The van der Waals surface area contributed by atoms with Crippen molar-refractivity contribution in [3.05, 3.63) is 48.0 Å². The Morgan fingerprint density at radius 1 is 1.00 bits per heavy atom. The van der Waals surface area contributed by atoms with E-state index in [2.05, 4.69) is 64.5 Å². The maximum atomic E-state index is 12.6. The van der Waals surface area contributed by atoms with Crippen LogP contribution in [0.3, 0.4) is 0 Å². The molecule has 2 aromatic carbocycles. The third-order valence-corrected chi connectivity index (χ3v) is 6.48. The molecule has 4 heteroatoms. The van der Waals surface area contributed by atoms with Gasteiger partial charge in [-0.1, -0.05) is 42.8 Å². The smallest absolute Gasteiger partial charge is 0.234 e. The highest BCUT2D eigenvalue weighted by atomic mass is 16.2. The normalized spacial score (nSPS) is 20.9. The van der Waals surface area contributed by atoms with Crippen molar-refractivity contribution in [2.24, 2.45) is 0 Å². The molecule has 1 amide bonds. The molecular weight excluding hydrogens is 346 g/mol. The number of nitrogens with one attached hydrogen (secondary N) is 1. The molecule has 2 aliphatic heterocycles. The van der Waals surface area contributed by atoms with Gasteiger partial charge in [0.25, 0.3) is 0 Å². The molecule has 2 heterocycles. The van der Waals surface area contributed by atoms with Crippen molar-refractivity contribution in [2.45, 2.75) is 51.1 Å². The minimum atomic E-state index is 0.0306. The van der Waals surface area contributed by atoms with Crippen LogP contribution in [0.25, 0.3) is 10.8 Å². The summed E-state index contributed by atoms with van der Waals surface area (Å²) in [4.78, 5) is 17.6. The van der Waals surface area contributed by atoms with E-state index in [1.807, 2.05) is 0 Å². The van der Waals surface area contributed by atoms with Gasteiger partial charge in [0.05, 0.1) is 12.6 Å². The number of likely N-dealkylation sites (tertiary alicyclic amines) is 2. The Morgan fingerprint density at radius 3 is 2.46 bits per heavy atom. The lowest BCUT2D eigenvalue weighted by Crippen LogP contribution is -2.48. The summed E-state index contributed by atoms with van der Waals surface area (Å²) in [5.74, 6) is 0.136. The van der Waals surface area contributed by atoms with Gasteiger partial charge in [-0.25, -0.2) is 0 Å². The van der Waals surface area contributed by atoms with E-state index in [9.17, 15) is 4.79 Å². The fraction of sp³-hybridized carbons (Fsp3) is 0.542. The molecule has 2 saturated heterocycles. The van der Waals surface area contributed by atoms with Gasteiger partial charge in [-0.3, -0.25) is 9.69 Å². The van der Waals surface area contributed by atoms with Crippen LogP contribution < -0.4 is 5.32 Å². The van der Waals surface area contributed by atoms with E-state index in [1.54, 1.807) is 0 Å². The number of nitrogens with zero attached hydrogens (tertiary/aromatic N) is 2. The molecule has 28 heavy (non-hydrogen) atoms. The number of rotatable bonds is 5. The standard InChI is InChI=1S/C24H33N3O/c1-19(21-10-9-20-7-3-4-8-22(20)17-21)25-24(28)18-26-15-11-23(12-16-26)27-13-5-2-6-14-27/h3-4,7-10,17,19,23H,2,5-6,11-16,18H2,1H3,(H,25,28). The zero-order chi connectivity index (χ0) is 19.3. The first-order valence-electron chi connectivity index (χ1n) is 10.9. The van der Waals surface area contributed by atoms with Gasteiger partial charge < -0.3 is 10.2 Å². The van der Waals surface area contributed by atoms with E-state index in [0.29, 0.717) is 6.54 Å². The van der Waals surface area contributed by atoms with Gasteiger partial charge in [0.15, 0.2) is 0 Å². The predicted octanol–water partition coefficient (Wildman–Crippen LogP) is 3.97. The monoisotopic (exact) mass is 379 g/mol. The fourth-order valence-electron chi connectivity index (χ4n) is 4.78. The SMILES string of the molecule is CC(NC(=O)CN1CCC(N2CCCCC2)CC1)c1ccc2ccccc2c1. The first kappa shape index (κ1) is 19.4. The minimum Gasteiger partial charge on any atom is -0.348 e. The average molecular weight is 380 g/mol. The molecule has 0 saturated carbocycles. The van der Waals surface area contributed by atoms with Gasteiger partial charge in [-0.15, -0.1) is 0 Å². The van der Waals surface area contributed by atoms with E-state index in [-0.39, 0.29) is 11.9 Å². The molecule has 2 aromatic rings. The lowest BCUT2D eigenvalue weighted by Gasteiger charge is -2.40. The van der Waals surface area contributed by atoms with Crippen LogP contribution in [0.4, 0.5) is 0 Å². The van der Waals surface area contributed by atoms with Crippen LogP contribution >= 0.6 is 0 Å². The third kappa shape index (κ3) is 4.73. The number of piperidine rings is 2. The lowest BCUT2D eigenvalue weighted by molar-refractivity contribution is -0.123. The predicted molar refractivity (Wildman–Crippen MR) is 115 cm³/mol. The van der Waals surface area contributed by atoms with Gasteiger partial charge in [0.2, 0.25) is 5.91 Å². The topological polar surface area (TPSA) is 35.6 Å². The number of fused-ring (bicyclic) bond motifs is 1. The number of hydrogen-bond donors (Lipinski definition) is 1. The van der Waals surface area contributed by atoms with Crippen LogP contribution in [-0.4, -0.2) is 54.5 Å². The van der Waals surface area contributed by atoms with Crippen molar-refractivity contribution in [2.75, 3.05) is 32.7 Å². The van der Waals surface area contributed by atoms with Crippen molar-refractivity contribution in [3.63, 3.8) is 0 Å². The molecule has 1 unspecified atom stereocenters. The summed E-state index contributed by atoms with van der Waals surface area (Å²) in [7, 11) is 0. The molecule has 0 aromatic heterocycles. The third-order valence-electron chi connectivity index (χ3n) is 6.48. The largest absolute Gasteiger partial charge is 0.348 e. The van der Waals surface area contributed by atoms with Crippen LogP contribution in [0.2, 0.25) is 0 Å². The van der Waals surface area contributed by atoms with Gasteiger partial charge >= 0.3 is 0 Å². The summed E-state index contributed by atoms with van der Waals surface area (Å²) < 4.78 is 0. The summed E-state index contributed by atoms with van der Waals surface area (Å²) in [6.07, 6.45) is 6.51. The van der Waals surface area contributed by atoms with Crippen molar-refractivity contribution in [1.82, 2.24) is 15.1 Å². The second-order valence-corrected chi connectivity index (χ2v) is 8.50. The van der Waals surface area contributed by atoms with Gasteiger partial charge in [0, 0.05) is 19.1 Å². The zero-order valence-corrected chi connectivity index (χ0v) is 17.1. The van der Waals surface area contributed by atoms with E-state index < -0.39 is 0 Å². The lowest BCUT2D eigenvalue weighted by atomic mass is 10.00. The highest BCUT2D eigenvalue weighted by molar-refractivity contribution is 5.83. The number of hydrogen-bond acceptors (Lipinski definition) is 3. The molecule has 0 spiro atoms. The second kappa shape index (κ2) is 9.06. The maximum Gasteiger partial charge on any atom is 0.234 e. The highest BCUT2D eigenvalue weighted by Crippen LogP contribution is 2.22. The molecule has 0 aliphatic carbocycles. The van der Waals surface area contributed by atoms with Crippen LogP contribution in [-0.2, 0) is 4.79 Å². The Kier molecular flexibility index (Phi) is 6.28. The Morgan fingerprint density at radius 2 is 1.71 bits per heavy atom. The number of benzene rings is 2. The van der Waals surface area contributed by atoms with Crippen LogP contribution in [0.15, 0.2) is 42.5 Å². The minimum absolute atomic E-state index is 0.0306. The Labute approximate surface area is 168 Å². The molecule has 1 atom stereocenters. The second-order valence-electron chi connectivity index (χ2n) is 8.50. The number of carbonyl (C=O) groups excluding carboxylic acids is 1. The van der Waals surface area contributed by atoms with Crippen LogP contribution in [0, 0.1) is 0 Å². The van der Waals surface area contributed by atoms with Crippen LogP contribution in [0.5, 0.6) is 0 Å². The maximum absolute atomic E-state index is 12.6. The molecule has 2 aliphatic rings. The fourth-order valence-corrected chi connectivity index (χ4v) is 4.78. The van der Waals surface area contributed by atoms with Gasteiger partial charge in [-0.2, -0.15) is 0 Å². The van der Waals surface area contributed by atoms with Gasteiger partial charge in [0.1, 0.15) is 0 Å². The molecule has 4 nitrogen and oxygen atoms in total. The van der Waals surface area contributed by atoms with E-state index >= 15 is 0 Å². The van der Waals surface area contributed by atoms with Crippen molar-refractivity contribution >= 4 is 16.7 Å². The zero-order valence-electron chi connectivity index (χ0n) is 17.1. The number of amides is 1. The van der Waals surface area contributed by atoms with Crippen molar-refractivity contribution in [3.8, 4) is 0 Å². The molecule has 0 bridgehead atoms. The number of carbonyl (C=O) groups is 1. The first-order chi connectivity index (χ1) is 13.7. The summed E-state index contributed by atoms with van der Waals surface area (Å²) in [6, 6.07) is 15.6. The molecule has 4 rings (SSSR count). The van der Waals surface area contributed by atoms with E-state index in [0.717, 1.165) is 24.7 Å². The quantitative estimate of drug-likeness (QED) is 0.854. The average Bonchev–Trinajstić information content (AvgIpc) is 2.74. The Balaban J connectivity index is 1.26. The first-order valence-corrected chi connectivity index (χ1v) is 10.9. The van der Waals surface area contributed by atoms with Crippen LogP contribution in [0.1, 0.15) is 50.6 Å².